The maximum atomic E-state index is 13.6. The highest BCUT2D eigenvalue weighted by atomic mass is 19.1. The topological polar surface area (TPSA) is 43.8 Å². The molecule has 2 N–H and O–H groups in total. The molecule has 84 valence electrons. The monoisotopic (exact) mass is 219 g/mol. The Morgan fingerprint density at radius 2 is 2.12 bits per heavy atom. The zero-order valence-electron chi connectivity index (χ0n) is 9.10. The third-order valence-corrected chi connectivity index (χ3v) is 2.61. The van der Waals surface area contributed by atoms with E-state index in [0.717, 1.165) is 5.69 Å². The van der Waals surface area contributed by atoms with Crippen molar-refractivity contribution >= 4 is 0 Å². The van der Waals surface area contributed by atoms with Crippen molar-refractivity contribution in [3.8, 4) is 5.69 Å². The van der Waals surface area contributed by atoms with Crippen molar-refractivity contribution in [1.29, 1.82) is 0 Å². The Balaban J connectivity index is 2.49. The number of hydrogen-bond donors (Lipinski definition) is 1. The van der Waals surface area contributed by atoms with Crippen LogP contribution in [0.15, 0.2) is 36.5 Å². The van der Waals surface area contributed by atoms with Gasteiger partial charge in [-0.25, -0.2) is 9.07 Å². The second kappa shape index (κ2) is 4.45. The molecule has 0 aliphatic carbocycles. The second-order valence-electron chi connectivity index (χ2n) is 3.76. The predicted octanol–water partition coefficient (Wildman–Crippen LogP) is 2.07. The number of hydrogen-bond acceptors (Lipinski definition) is 2. The molecule has 1 aromatic heterocycles. The van der Waals surface area contributed by atoms with Crippen molar-refractivity contribution in [2.75, 3.05) is 6.54 Å². The summed E-state index contributed by atoms with van der Waals surface area (Å²) >= 11 is 0. The molecule has 0 saturated carbocycles. The van der Waals surface area contributed by atoms with Crippen LogP contribution in [-0.2, 0) is 0 Å². The highest BCUT2D eigenvalue weighted by Gasteiger charge is 2.13. The standard InChI is InChI=1S/C12H14FN3/c1-9(8-14)11-6-7-15-16(11)12-5-3-2-4-10(12)13/h2-7,9H,8,14H2,1H3. The van der Waals surface area contributed by atoms with E-state index in [1.807, 2.05) is 13.0 Å². The molecule has 0 radical (unpaired) electrons. The van der Waals surface area contributed by atoms with Gasteiger partial charge in [-0.05, 0) is 18.2 Å². The van der Waals surface area contributed by atoms with Gasteiger partial charge in [-0.2, -0.15) is 5.10 Å². The molecule has 2 aromatic rings. The summed E-state index contributed by atoms with van der Waals surface area (Å²) in [5, 5.41) is 4.14. The van der Waals surface area contributed by atoms with E-state index in [4.69, 9.17) is 5.73 Å². The van der Waals surface area contributed by atoms with Gasteiger partial charge in [0, 0.05) is 24.4 Å². The van der Waals surface area contributed by atoms with Crippen LogP contribution in [0.1, 0.15) is 18.5 Å². The largest absolute Gasteiger partial charge is 0.330 e. The first-order valence-electron chi connectivity index (χ1n) is 5.23. The molecule has 0 aliphatic heterocycles. The first-order chi connectivity index (χ1) is 7.74. The van der Waals surface area contributed by atoms with Gasteiger partial charge in [0.05, 0.1) is 0 Å². The Morgan fingerprint density at radius 1 is 1.38 bits per heavy atom. The zero-order valence-corrected chi connectivity index (χ0v) is 9.10. The molecule has 16 heavy (non-hydrogen) atoms. The lowest BCUT2D eigenvalue weighted by Gasteiger charge is -2.12. The van der Waals surface area contributed by atoms with E-state index in [-0.39, 0.29) is 11.7 Å². The molecular formula is C12H14FN3. The number of aromatic nitrogens is 2. The number of nitrogens with two attached hydrogens (primary N) is 1. The Morgan fingerprint density at radius 3 is 2.81 bits per heavy atom. The highest BCUT2D eigenvalue weighted by Crippen LogP contribution is 2.19. The van der Waals surface area contributed by atoms with Crippen LogP contribution in [0.2, 0.25) is 0 Å². The Bertz CT molecular complexity index is 479. The van der Waals surface area contributed by atoms with Crippen LogP contribution in [0, 0.1) is 5.82 Å². The molecule has 3 nitrogen and oxygen atoms in total. The maximum absolute atomic E-state index is 13.6. The van der Waals surface area contributed by atoms with Crippen molar-refractivity contribution in [1.82, 2.24) is 9.78 Å². The summed E-state index contributed by atoms with van der Waals surface area (Å²) in [5.41, 5.74) is 7.00. The molecule has 0 spiro atoms. The quantitative estimate of drug-likeness (QED) is 0.858. The summed E-state index contributed by atoms with van der Waals surface area (Å²) < 4.78 is 15.2. The molecule has 0 amide bonds. The van der Waals surface area contributed by atoms with E-state index >= 15 is 0 Å². The van der Waals surface area contributed by atoms with Gasteiger partial charge in [0.2, 0.25) is 0 Å². The number of para-hydroxylation sites is 1. The molecule has 1 unspecified atom stereocenters. The van der Waals surface area contributed by atoms with Crippen molar-refractivity contribution in [2.24, 2.45) is 5.73 Å². The van der Waals surface area contributed by atoms with Crippen LogP contribution in [0.4, 0.5) is 4.39 Å². The number of nitrogens with zero attached hydrogens (tertiary/aromatic N) is 2. The summed E-state index contributed by atoms with van der Waals surface area (Å²) in [5.74, 6) is -0.126. The molecule has 1 atom stereocenters. The molecule has 0 saturated heterocycles. The molecule has 1 aromatic carbocycles. The molecule has 0 aliphatic rings. The third kappa shape index (κ3) is 1.84. The fraction of sp³-hybridized carbons (Fsp3) is 0.250. The average molecular weight is 219 g/mol. The van der Waals surface area contributed by atoms with Gasteiger partial charge in [0.15, 0.2) is 0 Å². The van der Waals surface area contributed by atoms with E-state index in [2.05, 4.69) is 5.10 Å². The van der Waals surface area contributed by atoms with Gasteiger partial charge in [-0.1, -0.05) is 19.1 Å². The number of rotatable bonds is 3. The molecule has 2 rings (SSSR count). The van der Waals surface area contributed by atoms with Crippen LogP contribution >= 0.6 is 0 Å². The van der Waals surface area contributed by atoms with Gasteiger partial charge in [-0.15, -0.1) is 0 Å². The molecular weight excluding hydrogens is 205 g/mol. The smallest absolute Gasteiger partial charge is 0.148 e. The fourth-order valence-electron chi connectivity index (χ4n) is 1.63. The van der Waals surface area contributed by atoms with Gasteiger partial charge < -0.3 is 5.73 Å². The molecule has 0 fully saturated rings. The minimum atomic E-state index is -0.281. The first kappa shape index (κ1) is 10.8. The van der Waals surface area contributed by atoms with Crippen LogP contribution in [0.3, 0.4) is 0 Å². The van der Waals surface area contributed by atoms with Crippen LogP contribution in [-0.4, -0.2) is 16.3 Å². The Labute approximate surface area is 93.7 Å². The summed E-state index contributed by atoms with van der Waals surface area (Å²) in [6.07, 6.45) is 1.66. The minimum absolute atomic E-state index is 0.155. The Hall–Kier alpha value is -1.68. The van der Waals surface area contributed by atoms with Crippen LogP contribution in [0.5, 0.6) is 0 Å². The lowest BCUT2D eigenvalue weighted by molar-refractivity contribution is 0.599. The van der Waals surface area contributed by atoms with E-state index < -0.39 is 0 Å². The van der Waals surface area contributed by atoms with Gasteiger partial charge in [0.25, 0.3) is 0 Å². The SMILES string of the molecule is CC(CN)c1ccnn1-c1ccccc1F. The van der Waals surface area contributed by atoms with Crippen LogP contribution in [0.25, 0.3) is 5.69 Å². The summed E-state index contributed by atoms with van der Waals surface area (Å²) in [6, 6.07) is 8.44. The van der Waals surface area contributed by atoms with Crippen molar-refractivity contribution in [3.63, 3.8) is 0 Å². The number of benzene rings is 1. The number of halogens is 1. The van der Waals surface area contributed by atoms with Crippen molar-refractivity contribution in [2.45, 2.75) is 12.8 Å². The fourth-order valence-corrected chi connectivity index (χ4v) is 1.63. The van der Waals surface area contributed by atoms with Gasteiger partial charge >= 0.3 is 0 Å². The van der Waals surface area contributed by atoms with Gasteiger partial charge in [0.1, 0.15) is 11.5 Å². The maximum Gasteiger partial charge on any atom is 0.148 e. The molecule has 0 bridgehead atoms. The van der Waals surface area contributed by atoms with Crippen molar-refractivity contribution in [3.05, 3.63) is 48.0 Å². The lowest BCUT2D eigenvalue weighted by atomic mass is 10.1. The molecule has 1 heterocycles. The van der Waals surface area contributed by atoms with Crippen LogP contribution < -0.4 is 5.73 Å². The summed E-state index contributed by atoms with van der Waals surface area (Å²) in [6.45, 7) is 2.51. The third-order valence-electron chi connectivity index (χ3n) is 2.61. The second-order valence-corrected chi connectivity index (χ2v) is 3.76. The van der Waals surface area contributed by atoms with E-state index in [1.165, 1.54) is 6.07 Å². The first-order valence-corrected chi connectivity index (χ1v) is 5.23. The van der Waals surface area contributed by atoms with E-state index in [0.29, 0.717) is 12.2 Å². The van der Waals surface area contributed by atoms with E-state index in [1.54, 1.807) is 29.1 Å². The highest BCUT2D eigenvalue weighted by molar-refractivity contribution is 5.34. The van der Waals surface area contributed by atoms with Crippen molar-refractivity contribution < 1.29 is 4.39 Å². The normalized spacial score (nSPS) is 12.7. The van der Waals surface area contributed by atoms with E-state index in [9.17, 15) is 4.39 Å². The predicted molar refractivity (Wildman–Crippen MR) is 61.0 cm³/mol. The van der Waals surface area contributed by atoms with Gasteiger partial charge in [-0.3, -0.25) is 0 Å². The Kier molecular flexibility index (Phi) is 3.01. The zero-order chi connectivity index (χ0) is 11.5. The lowest BCUT2D eigenvalue weighted by Crippen LogP contribution is -2.14. The summed E-state index contributed by atoms with van der Waals surface area (Å²) in [7, 11) is 0. The average Bonchev–Trinajstić information content (AvgIpc) is 2.77. The summed E-state index contributed by atoms with van der Waals surface area (Å²) in [4.78, 5) is 0. The molecule has 4 heteroatoms. The minimum Gasteiger partial charge on any atom is -0.330 e.